The fourth-order valence-corrected chi connectivity index (χ4v) is 3.56. The summed E-state index contributed by atoms with van der Waals surface area (Å²) in [6.07, 6.45) is 0. The molecule has 5 heteroatoms. The van der Waals surface area contributed by atoms with Crippen LogP contribution in [0, 0.1) is 11.8 Å². The van der Waals surface area contributed by atoms with E-state index in [1.54, 1.807) is 4.68 Å². The summed E-state index contributed by atoms with van der Waals surface area (Å²) >= 11 is 5.47. The van der Waals surface area contributed by atoms with Crippen molar-refractivity contribution in [2.24, 2.45) is 0 Å². The number of aryl methyl sites for hydroxylation is 1. The Balaban J connectivity index is 1.58. The van der Waals surface area contributed by atoms with Crippen molar-refractivity contribution in [3.63, 3.8) is 0 Å². The molecule has 0 radical (unpaired) electrons. The van der Waals surface area contributed by atoms with Crippen molar-refractivity contribution in [1.29, 1.82) is 0 Å². The fraction of sp³-hybridized carbons (Fsp3) is 0.167. The molecule has 0 fully saturated rings. The van der Waals surface area contributed by atoms with Crippen LogP contribution in [0.15, 0.2) is 89.3 Å². The van der Waals surface area contributed by atoms with Crippen LogP contribution < -0.4 is 4.90 Å². The summed E-state index contributed by atoms with van der Waals surface area (Å²) in [5.74, 6) is 0.564. The van der Waals surface area contributed by atoms with Crippen LogP contribution in [0.2, 0.25) is 0 Å². The molecule has 1 heterocycles. The molecule has 0 aliphatic carbocycles. The van der Waals surface area contributed by atoms with Gasteiger partial charge in [-0.25, -0.2) is 0 Å². The lowest BCUT2D eigenvalue weighted by molar-refractivity contribution is -0.950. The van der Waals surface area contributed by atoms with E-state index in [0.29, 0.717) is 17.4 Å². The predicted octanol–water partition coefficient (Wildman–Crippen LogP) is 4.42. The van der Waals surface area contributed by atoms with E-state index in [1.165, 1.54) is 21.6 Å². The maximum atomic E-state index is 5.80. The first kappa shape index (κ1) is 19.3. The molecule has 1 aromatic heterocycles. The van der Waals surface area contributed by atoms with Gasteiger partial charge in [0.25, 0.3) is 4.84 Å². The standard InChI is InChI=1S/C24H23N3OS/c1-19-12-14-22(15-13-19)23-25-27(24(29)28-23)18-26(16-20-8-4-2-5-9-20)17-21-10-6-3-7-11-21/h2-15H,16-18H2,1H3/p+1. The fourth-order valence-electron chi connectivity index (χ4n) is 3.37. The Kier molecular flexibility index (Phi) is 5.98. The highest BCUT2D eigenvalue weighted by molar-refractivity contribution is 7.71. The molecule has 0 saturated carbocycles. The van der Waals surface area contributed by atoms with Gasteiger partial charge in [-0.1, -0.05) is 78.4 Å². The number of aromatic nitrogens is 2. The molecule has 4 nitrogen and oxygen atoms in total. The first-order valence-electron chi connectivity index (χ1n) is 9.74. The molecule has 0 saturated heterocycles. The molecule has 0 atom stereocenters. The van der Waals surface area contributed by atoms with E-state index in [1.807, 2.05) is 24.3 Å². The molecule has 0 aliphatic rings. The third kappa shape index (κ3) is 5.08. The molecular weight excluding hydrogens is 378 g/mol. The van der Waals surface area contributed by atoms with Crippen molar-refractivity contribution in [1.82, 2.24) is 9.78 Å². The molecule has 4 aromatic rings. The number of benzene rings is 3. The van der Waals surface area contributed by atoms with Gasteiger partial charge in [0, 0.05) is 16.7 Å². The van der Waals surface area contributed by atoms with E-state index >= 15 is 0 Å². The average Bonchev–Trinajstić information content (AvgIpc) is 3.10. The molecule has 4 rings (SSSR count). The van der Waals surface area contributed by atoms with Crippen LogP contribution in [0.4, 0.5) is 0 Å². The van der Waals surface area contributed by atoms with E-state index in [9.17, 15) is 0 Å². The monoisotopic (exact) mass is 402 g/mol. The Hall–Kier alpha value is -3.02. The van der Waals surface area contributed by atoms with Crippen LogP contribution in [0.25, 0.3) is 11.5 Å². The zero-order valence-corrected chi connectivity index (χ0v) is 17.2. The Morgan fingerprint density at radius 3 is 1.93 bits per heavy atom. The molecule has 0 unspecified atom stereocenters. The van der Waals surface area contributed by atoms with Gasteiger partial charge >= 0.3 is 0 Å². The molecule has 0 aliphatic heterocycles. The summed E-state index contributed by atoms with van der Waals surface area (Å²) in [6.45, 7) is 4.46. The van der Waals surface area contributed by atoms with Crippen molar-refractivity contribution in [3.8, 4) is 11.5 Å². The minimum Gasteiger partial charge on any atom is -0.409 e. The van der Waals surface area contributed by atoms with Gasteiger partial charge in [0.2, 0.25) is 5.89 Å². The van der Waals surface area contributed by atoms with E-state index in [-0.39, 0.29) is 0 Å². The highest BCUT2D eigenvalue weighted by Crippen LogP contribution is 2.18. The van der Waals surface area contributed by atoms with Crippen molar-refractivity contribution < 1.29 is 9.32 Å². The van der Waals surface area contributed by atoms with Crippen LogP contribution in [-0.4, -0.2) is 9.78 Å². The average molecular weight is 403 g/mol. The number of nitrogens with zero attached hydrogens (tertiary/aromatic N) is 2. The normalized spacial score (nSPS) is 11.1. The molecule has 0 bridgehead atoms. The molecule has 146 valence electrons. The minimum atomic E-state index is 0.402. The van der Waals surface area contributed by atoms with Crippen molar-refractivity contribution >= 4 is 12.2 Å². The smallest absolute Gasteiger partial charge is 0.292 e. The topological polar surface area (TPSA) is 35.4 Å². The Morgan fingerprint density at radius 1 is 0.828 bits per heavy atom. The Morgan fingerprint density at radius 2 is 1.38 bits per heavy atom. The first-order valence-corrected chi connectivity index (χ1v) is 10.1. The number of quaternary nitrogens is 1. The number of hydrogen-bond acceptors (Lipinski definition) is 3. The zero-order chi connectivity index (χ0) is 20.1. The van der Waals surface area contributed by atoms with E-state index < -0.39 is 0 Å². The SMILES string of the molecule is Cc1ccc(-c2nn(C[NH+](Cc3ccccc3)Cc3ccccc3)c(=S)o2)cc1. The van der Waals surface area contributed by atoms with Crippen LogP contribution in [0.1, 0.15) is 16.7 Å². The lowest BCUT2D eigenvalue weighted by atomic mass is 10.1. The van der Waals surface area contributed by atoms with Crippen LogP contribution in [0.3, 0.4) is 0 Å². The zero-order valence-electron chi connectivity index (χ0n) is 16.4. The van der Waals surface area contributed by atoms with Crippen LogP contribution in [0.5, 0.6) is 0 Å². The van der Waals surface area contributed by atoms with Crippen molar-refractivity contribution in [2.75, 3.05) is 0 Å². The van der Waals surface area contributed by atoms with Gasteiger partial charge in [0.15, 0.2) is 6.67 Å². The van der Waals surface area contributed by atoms with Gasteiger partial charge in [-0.05, 0) is 31.3 Å². The largest absolute Gasteiger partial charge is 0.409 e. The Bertz CT molecular complexity index is 1060. The number of nitrogens with one attached hydrogen (secondary N) is 1. The maximum absolute atomic E-state index is 5.80. The third-order valence-electron chi connectivity index (χ3n) is 4.87. The van der Waals surface area contributed by atoms with Gasteiger partial charge in [0.05, 0.1) is 0 Å². The predicted molar refractivity (Wildman–Crippen MR) is 117 cm³/mol. The van der Waals surface area contributed by atoms with Gasteiger partial charge in [-0.15, -0.1) is 5.10 Å². The minimum absolute atomic E-state index is 0.402. The summed E-state index contributed by atoms with van der Waals surface area (Å²) in [4.78, 5) is 1.74. The summed E-state index contributed by atoms with van der Waals surface area (Å²) < 4.78 is 7.59. The summed E-state index contributed by atoms with van der Waals surface area (Å²) in [5, 5.41) is 4.66. The lowest BCUT2D eigenvalue weighted by Gasteiger charge is -2.19. The van der Waals surface area contributed by atoms with Gasteiger partial charge in [-0.3, -0.25) is 0 Å². The third-order valence-corrected chi connectivity index (χ3v) is 5.17. The molecule has 0 amide bonds. The van der Waals surface area contributed by atoms with Crippen LogP contribution in [-0.2, 0) is 19.8 Å². The summed E-state index contributed by atoms with van der Waals surface area (Å²) in [6, 6.07) is 29.1. The lowest BCUT2D eigenvalue weighted by Crippen LogP contribution is -3.08. The second-order valence-corrected chi connectivity index (χ2v) is 7.62. The molecular formula is C24H24N3OS+. The number of hydrogen-bond donors (Lipinski definition) is 1. The second kappa shape index (κ2) is 8.99. The van der Waals surface area contributed by atoms with Crippen molar-refractivity contribution in [3.05, 3.63) is 106 Å². The molecule has 0 spiro atoms. The summed E-state index contributed by atoms with van der Waals surface area (Å²) in [5.41, 5.74) is 4.71. The van der Waals surface area contributed by atoms with Gasteiger partial charge < -0.3 is 9.32 Å². The van der Waals surface area contributed by atoms with Crippen molar-refractivity contribution in [2.45, 2.75) is 26.7 Å². The molecule has 29 heavy (non-hydrogen) atoms. The second-order valence-electron chi connectivity index (χ2n) is 7.27. The van der Waals surface area contributed by atoms with E-state index in [2.05, 4.69) is 72.7 Å². The van der Waals surface area contributed by atoms with Crippen LogP contribution >= 0.6 is 12.2 Å². The highest BCUT2D eigenvalue weighted by Gasteiger charge is 2.16. The highest BCUT2D eigenvalue weighted by atomic mass is 32.1. The van der Waals surface area contributed by atoms with E-state index in [4.69, 9.17) is 16.6 Å². The quantitative estimate of drug-likeness (QED) is 0.465. The van der Waals surface area contributed by atoms with Gasteiger partial charge in [0.1, 0.15) is 13.1 Å². The number of rotatable bonds is 7. The van der Waals surface area contributed by atoms with E-state index in [0.717, 1.165) is 18.7 Å². The first-order chi connectivity index (χ1) is 14.2. The Labute approximate surface area is 176 Å². The van der Waals surface area contributed by atoms with Gasteiger partial charge in [-0.2, -0.15) is 4.68 Å². The summed E-state index contributed by atoms with van der Waals surface area (Å²) in [7, 11) is 0. The molecule has 1 N–H and O–H groups in total. The molecule has 3 aromatic carbocycles. The maximum Gasteiger partial charge on any atom is 0.292 e.